The Labute approximate surface area is 233 Å². The van der Waals surface area contributed by atoms with E-state index in [4.69, 9.17) is 15.2 Å². The minimum Gasteiger partial charge on any atom is -0.445 e. The number of thiol groups is 1. The smallest absolute Gasteiger partial charge is 0.410 e. The molecule has 15 nitrogen and oxygen atoms in total. The Morgan fingerprint density at radius 3 is 2.00 bits per heavy atom. The lowest BCUT2D eigenvalue weighted by molar-refractivity contribution is -0.385. The Morgan fingerprint density at radius 2 is 1.50 bits per heavy atom. The minimum absolute atomic E-state index is 0.0292. The molecule has 16 heteroatoms. The summed E-state index contributed by atoms with van der Waals surface area (Å²) in [6.07, 6.45) is -0.925. The van der Waals surface area contributed by atoms with Crippen molar-refractivity contribution in [1.29, 1.82) is 0 Å². The van der Waals surface area contributed by atoms with Crippen molar-refractivity contribution in [3.8, 4) is 0 Å². The van der Waals surface area contributed by atoms with Crippen LogP contribution in [0.25, 0.3) is 0 Å². The van der Waals surface area contributed by atoms with Crippen LogP contribution in [0.4, 0.5) is 25.8 Å². The van der Waals surface area contributed by atoms with Gasteiger partial charge in [0.25, 0.3) is 11.4 Å². The van der Waals surface area contributed by atoms with Gasteiger partial charge in [-0.05, 0) is 41.8 Å². The average molecular weight is 577 g/mol. The number of nitro groups is 2. The summed E-state index contributed by atoms with van der Waals surface area (Å²) in [5.41, 5.74) is 6.03. The first kappa shape index (κ1) is 29.9. The maximum atomic E-state index is 12.9. The molecule has 2 atom stereocenters. The first-order chi connectivity index (χ1) is 19.0. The molecule has 40 heavy (non-hydrogen) atoms. The number of nitrogens with two attached hydrogens (primary N) is 1. The van der Waals surface area contributed by atoms with Gasteiger partial charge in [-0.2, -0.15) is 12.6 Å². The largest absolute Gasteiger partial charge is 0.445 e. The van der Waals surface area contributed by atoms with Crippen molar-refractivity contribution >= 4 is 42.2 Å². The van der Waals surface area contributed by atoms with Gasteiger partial charge in [-0.25, -0.2) is 14.4 Å². The fourth-order valence-electron chi connectivity index (χ4n) is 4.01. The van der Waals surface area contributed by atoms with Gasteiger partial charge in [-0.1, -0.05) is 0 Å². The summed E-state index contributed by atoms with van der Waals surface area (Å²) >= 11 is 4.49. The van der Waals surface area contributed by atoms with E-state index in [2.05, 4.69) is 17.9 Å². The van der Waals surface area contributed by atoms with Crippen molar-refractivity contribution in [3.63, 3.8) is 0 Å². The Morgan fingerprint density at radius 1 is 0.975 bits per heavy atom. The number of nitrogens with one attached hydrogen (secondary N) is 1. The van der Waals surface area contributed by atoms with Gasteiger partial charge in [-0.3, -0.25) is 20.2 Å². The molecule has 1 saturated heterocycles. The Hall–Kier alpha value is -4.60. The van der Waals surface area contributed by atoms with Crippen molar-refractivity contribution in [2.75, 3.05) is 26.2 Å². The van der Waals surface area contributed by atoms with Crippen LogP contribution in [0, 0.1) is 20.2 Å². The zero-order chi connectivity index (χ0) is 29.2. The Balaban J connectivity index is 1.63. The predicted octanol–water partition coefficient (Wildman–Crippen LogP) is 2.82. The molecule has 4 amide bonds. The van der Waals surface area contributed by atoms with Crippen molar-refractivity contribution in [2.24, 2.45) is 5.73 Å². The second-order valence-corrected chi connectivity index (χ2v) is 9.62. The number of primary amides is 1. The van der Waals surface area contributed by atoms with E-state index in [9.17, 15) is 34.6 Å². The highest BCUT2D eigenvalue weighted by molar-refractivity contribution is 7.81. The number of amides is 4. The molecule has 2 aromatic rings. The van der Waals surface area contributed by atoms with Gasteiger partial charge in [-0.15, -0.1) is 0 Å². The highest BCUT2D eigenvalue weighted by Crippen LogP contribution is 2.24. The molecule has 1 heterocycles. The van der Waals surface area contributed by atoms with Crippen LogP contribution in [0.3, 0.4) is 0 Å². The van der Waals surface area contributed by atoms with Crippen LogP contribution in [-0.4, -0.2) is 75.3 Å². The number of rotatable bonds is 11. The Kier molecular flexibility index (Phi) is 10.5. The van der Waals surface area contributed by atoms with Gasteiger partial charge in [0.1, 0.15) is 13.2 Å². The third kappa shape index (κ3) is 8.72. The number of ether oxygens (including phenoxy) is 2. The van der Waals surface area contributed by atoms with Crippen LogP contribution in [0.15, 0.2) is 48.5 Å². The van der Waals surface area contributed by atoms with Crippen LogP contribution in [-0.2, 0) is 22.7 Å². The van der Waals surface area contributed by atoms with Crippen molar-refractivity contribution < 1.29 is 33.7 Å². The third-order valence-electron chi connectivity index (χ3n) is 6.02. The lowest BCUT2D eigenvalue weighted by Crippen LogP contribution is -2.48. The number of likely N-dealkylation sites (tertiary alicyclic amines) is 1. The SMILES string of the molecule is NC(=O)NCCN(C[C@@H]1C[C@H](S)CN1C(=O)OCc1ccc([N+](=O)[O-])cc1)C(=O)OCc1ccc([N+](=O)[O-])cc1. The van der Waals surface area contributed by atoms with E-state index in [1.807, 2.05) is 0 Å². The number of nitro benzene ring substituents is 2. The molecule has 214 valence electrons. The van der Waals surface area contributed by atoms with Crippen LogP contribution in [0.1, 0.15) is 17.5 Å². The second kappa shape index (κ2) is 14.0. The summed E-state index contributed by atoms with van der Waals surface area (Å²) in [4.78, 5) is 60.3. The lowest BCUT2D eigenvalue weighted by atomic mass is 10.2. The first-order valence-corrected chi connectivity index (χ1v) is 12.6. The van der Waals surface area contributed by atoms with Crippen LogP contribution in [0.2, 0.25) is 0 Å². The summed E-state index contributed by atoms with van der Waals surface area (Å²) < 4.78 is 10.8. The molecule has 0 unspecified atom stereocenters. The highest BCUT2D eigenvalue weighted by atomic mass is 32.1. The van der Waals surface area contributed by atoms with E-state index < -0.39 is 34.1 Å². The van der Waals surface area contributed by atoms with E-state index in [1.54, 1.807) is 0 Å². The number of hydrogen-bond acceptors (Lipinski definition) is 10. The molecular weight excluding hydrogens is 548 g/mol. The van der Waals surface area contributed by atoms with E-state index >= 15 is 0 Å². The first-order valence-electron chi connectivity index (χ1n) is 12.1. The molecular formula is C24H28N6O9S. The lowest BCUT2D eigenvalue weighted by Gasteiger charge is -2.30. The topological polar surface area (TPSA) is 200 Å². The molecule has 0 bridgehead atoms. The van der Waals surface area contributed by atoms with Gasteiger partial charge in [0.05, 0.1) is 15.9 Å². The summed E-state index contributed by atoms with van der Waals surface area (Å²) in [5.74, 6) is 0. The van der Waals surface area contributed by atoms with E-state index in [-0.39, 0.29) is 56.0 Å². The quantitative estimate of drug-likeness (QED) is 0.204. The van der Waals surface area contributed by atoms with E-state index in [0.29, 0.717) is 17.5 Å². The van der Waals surface area contributed by atoms with Crippen LogP contribution < -0.4 is 11.1 Å². The monoisotopic (exact) mass is 576 g/mol. The number of urea groups is 1. The number of benzene rings is 2. The van der Waals surface area contributed by atoms with Gasteiger partial charge >= 0.3 is 18.2 Å². The van der Waals surface area contributed by atoms with Gasteiger partial charge in [0.15, 0.2) is 0 Å². The molecule has 3 rings (SSSR count). The predicted molar refractivity (Wildman–Crippen MR) is 144 cm³/mol. The van der Waals surface area contributed by atoms with Crippen LogP contribution >= 0.6 is 12.6 Å². The molecule has 3 N–H and O–H groups in total. The molecule has 1 fully saturated rings. The standard InChI is InChI=1S/C24H28N6O9S/c25-22(31)26-9-10-27(23(32)38-14-16-1-5-18(6-2-16)29(34)35)12-20-11-21(40)13-28(20)24(33)39-15-17-3-7-19(8-4-17)30(36)37/h1-8,20-21,40H,9-15H2,(H3,25,26,31)/t20-,21-/m0/s1. The summed E-state index contributed by atoms with van der Waals surface area (Å²) in [6.45, 7) is 0.102. The Bertz CT molecular complexity index is 1230. The van der Waals surface area contributed by atoms with Gasteiger partial charge in [0, 0.05) is 55.7 Å². The maximum absolute atomic E-state index is 12.9. The minimum atomic E-state index is -0.771. The molecule has 1 aliphatic heterocycles. The summed E-state index contributed by atoms with van der Waals surface area (Å²) in [6, 6.07) is 9.88. The molecule has 0 aromatic heterocycles. The summed E-state index contributed by atoms with van der Waals surface area (Å²) in [5, 5.41) is 23.9. The number of carbonyl (C=O) groups is 3. The number of hydrogen-bond donors (Lipinski definition) is 3. The van der Waals surface area contributed by atoms with Crippen molar-refractivity contribution in [3.05, 3.63) is 79.9 Å². The maximum Gasteiger partial charge on any atom is 0.410 e. The van der Waals surface area contributed by atoms with Crippen LogP contribution in [0.5, 0.6) is 0 Å². The number of carbonyl (C=O) groups excluding carboxylic acids is 3. The van der Waals surface area contributed by atoms with Gasteiger partial charge in [0.2, 0.25) is 0 Å². The molecule has 0 radical (unpaired) electrons. The average Bonchev–Trinajstić information content (AvgIpc) is 3.29. The molecule has 0 saturated carbocycles. The number of non-ortho nitro benzene ring substituents is 2. The molecule has 2 aromatic carbocycles. The zero-order valence-corrected chi connectivity index (χ0v) is 22.1. The highest BCUT2D eigenvalue weighted by Gasteiger charge is 2.37. The summed E-state index contributed by atoms with van der Waals surface area (Å²) in [7, 11) is 0. The van der Waals surface area contributed by atoms with E-state index in [0.717, 1.165) is 0 Å². The normalized spacial score (nSPS) is 16.2. The van der Waals surface area contributed by atoms with Crippen molar-refractivity contribution in [2.45, 2.75) is 30.9 Å². The fourth-order valence-corrected chi connectivity index (χ4v) is 4.43. The third-order valence-corrected chi connectivity index (χ3v) is 6.39. The molecule has 0 aliphatic carbocycles. The van der Waals surface area contributed by atoms with E-state index in [1.165, 1.54) is 58.3 Å². The van der Waals surface area contributed by atoms with Crippen molar-refractivity contribution in [1.82, 2.24) is 15.1 Å². The zero-order valence-electron chi connectivity index (χ0n) is 21.2. The molecule has 1 aliphatic rings. The molecule has 0 spiro atoms. The second-order valence-electron chi connectivity index (χ2n) is 8.89. The fraction of sp³-hybridized carbons (Fsp3) is 0.375. The van der Waals surface area contributed by atoms with Gasteiger partial charge < -0.3 is 30.3 Å². The number of nitrogens with zero attached hydrogens (tertiary/aromatic N) is 4.